The summed E-state index contributed by atoms with van der Waals surface area (Å²) in [5.41, 5.74) is 2.60. The van der Waals surface area contributed by atoms with Crippen molar-refractivity contribution < 1.29 is 9.13 Å². The van der Waals surface area contributed by atoms with Gasteiger partial charge in [-0.3, -0.25) is 0 Å². The number of halogens is 2. The number of hydrogen-bond acceptors (Lipinski definition) is 4. The molecule has 0 radical (unpaired) electrons. The average Bonchev–Trinajstić information content (AvgIpc) is 3.62. The molecular weight excluding hydrogens is 379 g/mol. The predicted octanol–water partition coefficient (Wildman–Crippen LogP) is 5.22. The Hall–Kier alpha value is -2.21. The van der Waals surface area contributed by atoms with Crippen molar-refractivity contribution >= 4 is 22.8 Å². The number of hydrogen-bond donors (Lipinski definition) is 0. The molecule has 7 heteroatoms. The molecule has 2 saturated carbocycles. The molecular formula is C21H22ClFN4O. The first-order valence-corrected chi connectivity index (χ1v) is 10.2. The van der Waals surface area contributed by atoms with Crippen LogP contribution in [0, 0.1) is 17.7 Å². The Bertz CT molecular complexity index is 1050. The van der Waals surface area contributed by atoms with Gasteiger partial charge in [-0.15, -0.1) is 0 Å². The summed E-state index contributed by atoms with van der Waals surface area (Å²) in [6.07, 6.45) is 7.45. The third kappa shape index (κ3) is 2.85. The summed E-state index contributed by atoms with van der Waals surface area (Å²) in [4.78, 5) is 13.9. The van der Waals surface area contributed by atoms with Crippen molar-refractivity contribution in [3.05, 3.63) is 35.1 Å². The van der Waals surface area contributed by atoms with Gasteiger partial charge >= 0.3 is 0 Å². The molecule has 1 aromatic carbocycles. The largest absolute Gasteiger partial charge is 0.494 e. The van der Waals surface area contributed by atoms with E-state index in [1.54, 1.807) is 0 Å². The summed E-state index contributed by atoms with van der Waals surface area (Å²) in [6, 6.07) is 3.31. The average molecular weight is 401 g/mol. The van der Waals surface area contributed by atoms with E-state index in [9.17, 15) is 4.39 Å². The fraction of sp³-hybridized carbons (Fsp3) is 0.476. The maximum atomic E-state index is 14.4. The monoisotopic (exact) mass is 400 g/mol. The van der Waals surface area contributed by atoms with Crippen LogP contribution in [0.4, 0.5) is 4.39 Å². The number of benzene rings is 1. The second kappa shape index (κ2) is 6.69. The van der Waals surface area contributed by atoms with Gasteiger partial charge in [0.25, 0.3) is 0 Å². The normalized spacial score (nSPS) is 16.9. The van der Waals surface area contributed by atoms with Gasteiger partial charge in [0.2, 0.25) is 0 Å². The van der Waals surface area contributed by atoms with Crippen LogP contribution in [0.1, 0.15) is 44.5 Å². The van der Waals surface area contributed by atoms with Crippen molar-refractivity contribution in [1.82, 2.24) is 19.5 Å². The zero-order valence-electron chi connectivity index (χ0n) is 16.0. The van der Waals surface area contributed by atoms with E-state index in [1.807, 2.05) is 0 Å². The van der Waals surface area contributed by atoms with Crippen LogP contribution in [-0.2, 0) is 6.42 Å². The first-order valence-electron chi connectivity index (χ1n) is 9.87. The molecule has 2 fully saturated rings. The number of nitrogens with zero attached hydrogens (tertiary/aromatic N) is 4. The van der Waals surface area contributed by atoms with Crippen molar-refractivity contribution in [3.63, 3.8) is 0 Å². The van der Waals surface area contributed by atoms with Gasteiger partial charge in [0, 0.05) is 24.1 Å². The number of imidazole rings is 1. The van der Waals surface area contributed by atoms with E-state index < -0.39 is 5.82 Å². The lowest BCUT2D eigenvalue weighted by Gasteiger charge is -2.20. The number of aromatic nitrogens is 4. The van der Waals surface area contributed by atoms with E-state index in [4.69, 9.17) is 21.3 Å². The lowest BCUT2D eigenvalue weighted by Crippen LogP contribution is -2.16. The van der Waals surface area contributed by atoms with Crippen molar-refractivity contribution in [2.75, 3.05) is 7.11 Å². The van der Waals surface area contributed by atoms with Gasteiger partial charge in [-0.25, -0.2) is 19.3 Å². The van der Waals surface area contributed by atoms with Crippen molar-refractivity contribution in [2.24, 2.45) is 11.8 Å². The Morgan fingerprint density at radius 3 is 2.54 bits per heavy atom. The van der Waals surface area contributed by atoms with Gasteiger partial charge < -0.3 is 9.30 Å². The molecule has 0 aliphatic heterocycles. The fourth-order valence-corrected chi connectivity index (χ4v) is 4.51. The first kappa shape index (κ1) is 17.9. The van der Waals surface area contributed by atoms with Gasteiger partial charge in [-0.2, -0.15) is 0 Å². The lowest BCUT2D eigenvalue weighted by molar-refractivity contribution is 0.386. The third-order valence-electron chi connectivity index (χ3n) is 5.87. The Balaban J connectivity index is 1.71. The Kier molecular flexibility index (Phi) is 4.27. The Labute approximate surface area is 167 Å². The van der Waals surface area contributed by atoms with Crippen molar-refractivity contribution in [3.8, 4) is 17.0 Å². The molecule has 5 rings (SSSR count). The van der Waals surface area contributed by atoms with Gasteiger partial charge in [0.05, 0.1) is 12.1 Å². The summed E-state index contributed by atoms with van der Waals surface area (Å²) >= 11 is 6.44. The van der Waals surface area contributed by atoms with Crippen molar-refractivity contribution in [1.29, 1.82) is 0 Å². The zero-order chi connectivity index (χ0) is 19.4. The molecule has 0 unspecified atom stereocenters. The van der Waals surface area contributed by atoms with Crippen LogP contribution in [-0.4, -0.2) is 26.6 Å². The van der Waals surface area contributed by atoms with Gasteiger partial charge in [-0.1, -0.05) is 18.5 Å². The highest BCUT2D eigenvalue weighted by atomic mass is 35.5. The van der Waals surface area contributed by atoms with E-state index in [-0.39, 0.29) is 5.75 Å². The Morgan fingerprint density at radius 1 is 1.21 bits per heavy atom. The smallest absolute Gasteiger partial charge is 0.165 e. The minimum atomic E-state index is -0.474. The molecule has 0 saturated heterocycles. The van der Waals surface area contributed by atoms with E-state index in [0.29, 0.717) is 27.8 Å². The topological polar surface area (TPSA) is 52.8 Å². The number of rotatable bonds is 6. The molecule has 2 aliphatic carbocycles. The summed E-state index contributed by atoms with van der Waals surface area (Å²) in [5.74, 6) is 2.09. The highest BCUT2D eigenvalue weighted by Crippen LogP contribution is 2.53. The van der Waals surface area contributed by atoms with E-state index in [1.165, 1.54) is 51.3 Å². The van der Waals surface area contributed by atoms with Crippen LogP contribution in [0.2, 0.25) is 5.02 Å². The van der Waals surface area contributed by atoms with Gasteiger partial charge in [0.1, 0.15) is 23.4 Å². The summed E-state index contributed by atoms with van der Waals surface area (Å²) in [7, 11) is 1.42. The van der Waals surface area contributed by atoms with Crippen LogP contribution >= 0.6 is 11.6 Å². The minimum Gasteiger partial charge on any atom is -0.494 e. The molecule has 0 spiro atoms. The number of methoxy groups -OCH3 is 1. The molecule has 0 atom stereocenters. The highest BCUT2D eigenvalue weighted by molar-refractivity contribution is 6.33. The summed E-state index contributed by atoms with van der Waals surface area (Å²) in [6.45, 7) is 2.11. The maximum absolute atomic E-state index is 14.4. The highest BCUT2D eigenvalue weighted by Gasteiger charge is 2.44. The number of ether oxygens (including phenoxy) is 1. The molecule has 2 aliphatic rings. The Morgan fingerprint density at radius 2 is 1.93 bits per heavy atom. The lowest BCUT2D eigenvalue weighted by atomic mass is 10.1. The second-order valence-corrected chi connectivity index (χ2v) is 8.19. The zero-order valence-corrected chi connectivity index (χ0v) is 16.7. The van der Waals surface area contributed by atoms with E-state index >= 15 is 0 Å². The van der Waals surface area contributed by atoms with Crippen LogP contribution in [0.3, 0.4) is 0 Å². The molecule has 0 N–H and O–H groups in total. The summed E-state index contributed by atoms with van der Waals surface area (Å²) < 4.78 is 21.7. The molecule has 28 heavy (non-hydrogen) atoms. The third-order valence-corrected chi connectivity index (χ3v) is 6.18. The predicted molar refractivity (Wildman–Crippen MR) is 106 cm³/mol. The van der Waals surface area contributed by atoms with Crippen molar-refractivity contribution in [2.45, 2.75) is 45.1 Å². The van der Waals surface area contributed by atoms with Crippen LogP contribution in [0.25, 0.3) is 22.4 Å². The summed E-state index contributed by atoms with van der Waals surface area (Å²) in [5, 5.41) is 0.381. The van der Waals surface area contributed by atoms with Gasteiger partial charge in [-0.05, 0) is 43.6 Å². The number of aryl methyl sites for hydroxylation is 1. The molecule has 146 valence electrons. The first-order chi connectivity index (χ1) is 13.6. The second-order valence-electron chi connectivity index (χ2n) is 7.78. The van der Waals surface area contributed by atoms with Crippen LogP contribution < -0.4 is 4.74 Å². The fourth-order valence-electron chi connectivity index (χ4n) is 4.26. The maximum Gasteiger partial charge on any atom is 0.165 e. The molecule has 0 bridgehead atoms. The molecule has 0 amide bonds. The molecule has 2 aromatic heterocycles. The van der Waals surface area contributed by atoms with E-state index in [2.05, 4.69) is 21.5 Å². The molecule has 5 nitrogen and oxygen atoms in total. The quantitative estimate of drug-likeness (QED) is 0.569. The minimum absolute atomic E-state index is 0.112. The van der Waals surface area contributed by atoms with Crippen LogP contribution in [0.5, 0.6) is 5.75 Å². The molecule has 3 aromatic rings. The van der Waals surface area contributed by atoms with Gasteiger partial charge in [0.15, 0.2) is 17.2 Å². The SMILES string of the molecule is CCc1nc2c(-c3cc(F)c(OC)cc3Cl)ncnc2n1C(C1CC1)C1CC1. The van der Waals surface area contributed by atoms with Crippen LogP contribution in [0.15, 0.2) is 18.5 Å². The molecule has 2 heterocycles. The van der Waals surface area contributed by atoms with E-state index in [0.717, 1.165) is 29.7 Å². The standard InChI is InChI=1S/C21H22ClFN4O/c1-3-17-26-19-18(13-8-15(23)16(28-2)9-14(13)22)24-10-25-21(19)27(17)20(11-4-5-11)12-6-7-12/h8-12,20H,3-7H2,1-2H3. The number of fused-ring (bicyclic) bond motifs is 1.